The fourth-order valence-electron chi connectivity index (χ4n) is 7.83. The Morgan fingerprint density at radius 2 is 1.60 bits per heavy atom. The second-order valence-corrected chi connectivity index (χ2v) is 13.5. The van der Waals surface area contributed by atoms with Gasteiger partial charge in [-0.15, -0.1) is 0 Å². The summed E-state index contributed by atoms with van der Waals surface area (Å²) < 4.78 is 17.8. The minimum atomic E-state index is -1.31. The van der Waals surface area contributed by atoms with Gasteiger partial charge in [0.05, 0.1) is 19.3 Å². The summed E-state index contributed by atoms with van der Waals surface area (Å²) in [6.45, 7) is 20.3. The van der Waals surface area contributed by atoms with E-state index in [0.29, 0.717) is 39.1 Å². The summed E-state index contributed by atoms with van der Waals surface area (Å²) in [6, 6.07) is -0.617. The number of Topliss-reactive ketones (excluding diaryl/α,β-unsaturated/α-hetero) is 2. The van der Waals surface area contributed by atoms with E-state index < -0.39 is 64.6 Å². The number of carbonyl (C=O) groups excluding carboxylic acids is 4. The van der Waals surface area contributed by atoms with Crippen LogP contribution in [0.25, 0.3) is 0 Å². The number of aliphatic hydroxyl groups is 1. The third-order valence-electron chi connectivity index (χ3n) is 11.2. The third-order valence-corrected chi connectivity index (χ3v) is 11.2. The van der Waals surface area contributed by atoms with Crippen LogP contribution < -0.4 is 0 Å². The normalized spacial score (nSPS) is 43.5. The zero-order valence-electron chi connectivity index (χ0n) is 27.2. The SMILES string of the molecule is CC[C@H]1OC(=O)[C@H](C)C(=O)[C@H](C)C(C)(CC)[C@](C)(C=O)C[C@@H](C)C(=O)[C@H](C)[C@H]2N(CCN3CCOCC3)C(O)O[C@]12C. The van der Waals surface area contributed by atoms with E-state index in [4.69, 9.17) is 14.2 Å². The Balaban J connectivity index is 2.10. The number of carbonyl (C=O) groups is 4. The number of aliphatic hydroxyl groups excluding tert-OH is 1. The number of ketones is 2. The molecule has 0 aromatic carbocycles. The van der Waals surface area contributed by atoms with E-state index in [9.17, 15) is 24.3 Å². The van der Waals surface area contributed by atoms with Gasteiger partial charge in [-0.05, 0) is 38.5 Å². The molecule has 42 heavy (non-hydrogen) atoms. The van der Waals surface area contributed by atoms with Crippen LogP contribution in [0.15, 0.2) is 0 Å². The molecule has 240 valence electrons. The van der Waals surface area contributed by atoms with Crippen molar-refractivity contribution in [3.05, 3.63) is 0 Å². The van der Waals surface area contributed by atoms with Crippen LogP contribution in [-0.4, -0.2) is 102 Å². The highest BCUT2D eigenvalue weighted by molar-refractivity contribution is 6.00. The largest absolute Gasteiger partial charge is 0.459 e. The average Bonchev–Trinajstić information content (AvgIpc) is 3.25. The van der Waals surface area contributed by atoms with Crippen molar-refractivity contribution in [3.63, 3.8) is 0 Å². The summed E-state index contributed by atoms with van der Waals surface area (Å²) in [7, 11) is 0. The maximum absolute atomic E-state index is 14.2. The second kappa shape index (κ2) is 13.5. The number of fused-ring (bicyclic) bond motifs is 1. The molecule has 3 saturated heterocycles. The van der Waals surface area contributed by atoms with Gasteiger partial charge in [0.2, 0.25) is 6.41 Å². The number of hydrogen-bond acceptors (Lipinski definition) is 10. The quantitative estimate of drug-likeness (QED) is 0.279. The van der Waals surface area contributed by atoms with Crippen LogP contribution in [0.3, 0.4) is 0 Å². The Morgan fingerprint density at radius 3 is 2.14 bits per heavy atom. The molecule has 0 radical (unpaired) electrons. The number of aldehydes is 1. The molecule has 0 aromatic heterocycles. The standard InChI is InChI=1S/C32H54N2O8/c1-10-24-32(9)27(34(29(39)42-32)13-12-33-14-16-40-17-15-33)21(4)25(36)20(3)18-30(7,19-35)31(8,11-2)23(6)26(37)22(5)28(38)41-24/h19-24,27,29,39H,10-18H2,1-9H3/t20-,21+,22-,23+,24-,27-,29?,30+,31?,32-/m1/s1. The molecule has 0 bridgehead atoms. The van der Waals surface area contributed by atoms with E-state index in [1.54, 1.807) is 25.7 Å². The number of cyclic esters (lactones) is 1. The van der Waals surface area contributed by atoms with Crippen LogP contribution in [0.1, 0.15) is 81.6 Å². The minimum Gasteiger partial charge on any atom is -0.459 e. The van der Waals surface area contributed by atoms with Crippen molar-refractivity contribution < 1.29 is 38.5 Å². The van der Waals surface area contributed by atoms with Crippen molar-refractivity contribution in [2.75, 3.05) is 39.4 Å². The first-order valence-corrected chi connectivity index (χ1v) is 15.8. The van der Waals surface area contributed by atoms with Crippen molar-refractivity contribution in [2.45, 2.75) is 106 Å². The molecule has 0 amide bonds. The Bertz CT molecular complexity index is 1000. The van der Waals surface area contributed by atoms with Gasteiger partial charge in [-0.3, -0.25) is 19.3 Å². The summed E-state index contributed by atoms with van der Waals surface area (Å²) in [5, 5.41) is 11.2. The van der Waals surface area contributed by atoms with Crippen LogP contribution in [0.4, 0.5) is 0 Å². The predicted octanol–water partition coefficient (Wildman–Crippen LogP) is 3.08. The number of morpholine rings is 1. The zero-order valence-corrected chi connectivity index (χ0v) is 27.2. The second-order valence-electron chi connectivity index (χ2n) is 13.5. The highest BCUT2D eigenvalue weighted by atomic mass is 16.7. The van der Waals surface area contributed by atoms with Gasteiger partial charge in [-0.1, -0.05) is 48.5 Å². The molecule has 0 saturated carbocycles. The van der Waals surface area contributed by atoms with Gasteiger partial charge >= 0.3 is 5.97 Å². The first kappa shape index (κ1) is 34.8. The molecule has 0 aliphatic carbocycles. The Kier molecular flexibility index (Phi) is 11.2. The van der Waals surface area contributed by atoms with E-state index in [0.717, 1.165) is 19.4 Å². The number of nitrogens with zero attached hydrogens (tertiary/aromatic N) is 2. The van der Waals surface area contributed by atoms with E-state index in [2.05, 4.69) is 4.90 Å². The van der Waals surface area contributed by atoms with E-state index in [-0.39, 0.29) is 18.0 Å². The first-order valence-electron chi connectivity index (χ1n) is 15.8. The van der Waals surface area contributed by atoms with Gasteiger partial charge in [-0.25, -0.2) is 4.90 Å². The smallest absolute Gasteiger partial charge is 0.316 e. The van der Waals surface area contributed by atoms with Gasteiger partial charge in [0.15, 0.2) is 0 Å². The number of rotatable bonds is 6. The van der Waals surface area contributed by atoms with Gasteiger partial charge in [0.1, 0.15) is 35.5 Å². The zero-order chi connectivity index (χ0) is 31.6. The summed E-state index contributed by atoms with van der Waals surface area (Å²) >= 11 is 0. The molecule has 10 nitrogen and oxygen atoms in total. The van der Waals surface area contributed by atoms with E-state index >= 15 is 0 Å². The van der Waals surface area contributed by atoms with E-state index in [1.165, 1.54) is 0 Å². The van der Waals surface area contributed by atoms with Crippen molar-refractivity contribution in [1.82, 2.24) is 9.80 Å². The summed E-state index contributed by atoms with van der Waals surface area (Å²) in [4.78, 5) is 58.4. The Morgan fingerprint density at radius 1 is 0.976 bits per heavy atom. The molecule has 3 heterocycles. The lowest BCUT2D eigenvalue weighted by Crippen LogP contribution is -2.59. The maximum Gasteiger partial charge on any atom is 0.316 e. The minimum absolute atomic E-state index is 0.0580. The van der Waals surface area contributed by atoms with Crippen LogP contribution in [0.2, 0.25) is 0 Å². The predicted molar refractivity (Wildman–Crippen MR) is 157 cm³/mol. The van der Waals surface area contributed by atoms with Crippen LogP contribution in [-0.2, 0) is 33.4 Å². The van der Waals surface area contributed by atoms with Gasteiger partial charge in [0.25, 0.3) is 0 Å². The molecule has 10 heteroatoms. The summed E-state index contributed by atoms with van der Waals surface area (Å²) in [6.07, 6.45) is -0.0874. The lowest BCUT2D eigenvalue weighted by atomic mass is 9.54. The maximum atomic E-state index is 14.2. The Hall–Kier alpha value is -1.72. The van der Waals surface area contributed by atoms with Crippen LogP contribution >= 0.6 is 0 Å². The molecular weight excluding hydrogens is 540 g/mol. The number of hydrogen-bond donors (Lipinski definition) is 1. The Labute approximate surface area is 251 Å². The molecule has 1 N–H and O–H groups in total. The van der Waals surface area contributed by atoms with Gasteiger partial charge in [0, 0.05) is 49.3 Å². The molecule has 2 unspecified atom stereocenters. The van der Waals surface area contributed by atoms with Crippen molar-refractivity contribution in [3.8, 4) is 0 Å². The van der Waals surface area contributed by atoms with Crippen LogP contribution in [0.5, 0.6) is 0 Å². The summed E-state index contributed by atoms with van der Waals surface area (Å²) in [5.74, 6) is -3.82. The lowest BCUT2D eigenvalue weighted by Gasteiger charge is -2.48. The van der Waals surface area contributed by atoms with Gasteiger partial charge < -0.3 is 24.1 Å². The van der Waals surface area contributed by atoms with Crippen molar-refractivity contribution in [1.29, 1.82) is 0 Å². The summed E-state index contributed by atoms with van der Waals surface area (Å²) in [5.41, 5.74) is -3.03. The van der Waals surface area contributed by atoms with E-state index in [1.807, 2.05) is 41.5 Å². The van der Waals surface area contributed by atoms with Gasteiger partial charge in [-0.2, -0.15) is 0 Å². The molecule has 3 aliphatic heterocycles. The topological polar surface area (TPSA) is 123 Å². The lowest BCUT2D eigenvalue weighted by molar-refractivity contribution is -0.208. The highest BCUT2D eigenvalue weighted by Crippen LogP contribution is 2.52. The van der Waals surface area contributed by atoms with Crippen molar-refractivity contribution in [2.24, 2.45) is 34.5 Å². The molecule has 10 atom stereocenters. The monoisotopic (exact) mass is 594 g/mol. The number of esters is 1. The molecule has 3 rings (SSSR count). The van der Waals surface area contributed by atoms with Crippen molar-refractivity contribution >= 4 is 23.8 Å². The number of ether oxygens (including phenoxy) is 3. The molecule has 0 spiro atoms. The molecule has 0 aromatic rings. The third kappa shape index (κ3) is 6.25. The molecule has 3 fully saturated rings. The molecular formula is C32H54N2O8. The fourth-order valence-corrected chi connectivity index (χ4v) is 7.83. The van der Waals surface area contributed by atoms with Crippen LogP contribution in [0, 0.1) is 34.5 Å². The average molecular weight is 595 g/mol. The highest BCUT2D eigenvalue weighted by Gasteiger charge is 2.59. The first-order chi connectivity index (χ1) is 19.6. The fraction of sp³-hybridized carbons (Fsp3) is 0.875. The molecule has 3 aliphatic rings.